The molecule has 2 aliphatic carbocycles. The first-order valence-electron chi connectivity index (χ1n) is 37.2. The van der Waals surface area contributed by atoms with Gasteiger partial charge in [-0.1, -0.05) is 275 Å². The second kappa shape index (κ2) is 23.8. The largest absolute Gasteiger partial charge is 0.458 e. The lowest BCUT2D eigenvalue weighted by Gasteiger charge is -2.54. The van der Waals surface area contributed by atoms with Crippen LogP contribution in [0.4, 0.5) is 56.9 Å². The molecule has 14 aromatic rings. The molecule has 2 atom stereocenters. The van der Waals surface area contributed by atoms with E-state index in [2.05, 4.69) is 368 Å². The number of hydrogen-bond donors (Lipinski definition) is 0. The minimum Gasteiger partial charge on any atom is -0.458 e. The Kier molecular flexibility index (Phi) is 13.9. The highest BCUT2D eigenvalue weighted by atomic mass is 16.5. The number of nitrogens with zero attached hydrogens (tertiary/aromatic N) is 4. The van der Waals surface area contributed by atoms with Gasteiger partial charge in [0.05, 0.1) is 11.4 Å². The fourth-order valence-corrected chi connectivity index (χ4v) is 19.1. The van der Waals surface area contributed by atoms with Gasteiger partial charge in [0.15, 0.2) is 0 Å². The highest BCUT2D eigenvalue weighted by Gasteiger charge is 2.51. The standard InChI is InChI=1S/C97H74B2N4O/c1-97(2,3)72-56-88-93-89(57-72)103(96-79(68-37-19-8-20-38-68)54-71(65-31-13-5-14-32-65)55-80(96)69-39-21-9-22-40-69)87-61-91-84(99-81-43-25-27-45-85(81)101(73-41-23-10-24-42-73)90-58-76(59-92(104-91)94(90)99)100-74-48-62-47-63(50-74)51-75(100)49-62)60-83(87)98(93)82-44-26-28-46-86(82)102(88)95-77(66-33-15-6-16-34-66)52-70(64-29-11-4-12-30-64)53-78(95)67-35-17-7-18-36-67/h4-47,52-62,74-75H,48-51H2,1-3H3. The van der Waals surface area contributed by atoms with Crippen molar-refractivity contribution in [3.05, 3.63) is 339 Å². The van der Waals surface area contributed by atoms with Gasteiger partial charge in [-0.25, -0.2) is 0 Å². The van der Waals surface area contributed by atoms with E-state index in [9.17, 15) is 0 Å². The lowest BCUT2D eigenvalue weighted by molar-refractivity contribution is 0.264. The molecule has 0 aromatic heterocycles. The zero-order valence-corrected chi connectivity index (χ0v) is 58.6. The Hall–Kier alpha value is -12.1. The van der Waals surface area contributed by atoms with E-state index in [1.54, 1.807) is 5.57 Å². The summed E-state index contributed by atoms with van der Waals surface area (Å²) in [7, 11) is 0. The fraction of sp³-hybridized carbons (Fsp3) is 0.113. The van der Waals surface area contributed by atoms with E-state index in [0.29, 0.717) is 18.0 Å². The molecule has 0 radical (unpaired) electrons. The van der Waals surface area contributed by atoms with E-state index in [1.807, 2.05) is 0 Å². The van der Waals surface area contributed by atoms with Crippen molar-refractivity contribution in [2.75, 3.05) is 19.6 Å². The quantitative estimate of drug-likeness (QED) is 0.100. The van der Waals surface area contributed by atoms with Crippen LogP contribution in [-0.2, 0) is 5.41 Å². The van der Waals surface area contributed by atoms with Gasteiger partial charge in [-0.05, 0) is 187 Å². The number of para-hydroxylation sites is 3. The van der Waals surface area contributed by atoms with Gasteiger partial charge in [0.2, 0.25) is 0 Å². The number of hydrogen-bond acceptors (Lipinski definition) is 5. The van der Waals surface area contributed by atoms with Crippen molar-refractivity contribution in [1.29, 1.82) is 0 Å². The molecule has 5 nitrogen and oxygen atoms in total. The first kappa shape index (κ1) is 60.7. The van der Waals surface area contributed by atoms with Crippen LogP contribution in [0.3, 0.4) is 0 Å². The molecule has 14 aromatic carbocycles. The Morgan fingerprint density at radius 3 is 1.18 bits per heavy atom. The molecule has 6 aliphatic heterocycles. The molecule has 2 unspecified atom stereocenters. The van der Waals surface area contributed by atoms with Crippen LogP contribution in [0.1, 0.15) is 52.0 Å². The maximum atomic E-state index is 8.03. The number of anilines is 10. The molecule has 0 amide bonds. The van der Waals surface area contributed by atoms with Crippen LogP contribution in [0.15, 0.2) is 333 Å². The van der Waals surface area contributed by atoms with Gasteiger partial charge in [-0.3, -0.25) is 0 Å². The highest BCUT2D eigenvalue weighted by molar-refractivity contribution is 7.02. The number of allylic oxidation sites excluding steroid dienone is 1. The van der Waals surface area contributed by atoms with E-state index in [0.717, 1.165) is 125 Å². The smallest absolute Gasteiger partial charge is 0.256 e. The van der Waals surface area contributed by atoms with Gasteiger partial charge in [0.25, 0.3) is 13.4 Å². The first-order chi connectivity index (χ1) is 51.2. The molecule has 494 valence electrons. The average Bonchev–Trinajstić information content (AvgIpc) is 0.697. The summed E-state index contributed by atoms with van der Waals surface area (Å²) in [6.07, 6.45) is 7.27. The van der Waals surface area contributed by atoms with Gasteiger partial charge in [0, 0.05) is 92.0 Å². The predicted molar refractivity (Wildman–Crippen MR) is 438 cm³/mol. The second-order valence-electron chi connectivity index (χ2n) is 30.6. The van der Waals surface area contributed by atoms with E-state index in [1.165, 1.54) is 73.8 Å². The van der Waals surface area contributed by atoms with Crippen LogP contribution < -0.4 is 57.1 Å². The van der Waals surface area contributed by atoms with Crippen molar-refractivity contribution in [2.24, 2.45) is 5.92 Å². The van der Waals surface area contributed by atoms with Crippen molar-refractivity contribution in [3.8, 4) is 78.3 Å². The highest BCUT2D eigenvalue weighted by Crippen LogP contribution is 2.57. The van der Waals surface area contributed by atoms with Crippen molar-refractivity contribution in [2.45, 2.75) is 64.0 Å². The van der Waals surface area contributed by atoms with Crippen LogP contribution in [0.2, 0.25) is 0 Å². The lowest BCUT2D eigenvalue weighted by Crippen LogP contribution is -2.64. The third-order valence-electron chi connectivity index (χ3n) is 23.6. The molecule has 7 heteroatoms. The summed E-state index contributed by atoms with van der Waals surface area (Å²) >= 11 is 0. The Morgan fingerprint density at radius 2 is 0.721 bits per heavy atom. The lowest BCUT2D eigenvalue weighted by atomic mass is 9.30. The molecule has 8 aliphatic rings. The second-order valence-corrected chi connectivity index (χ2v) is 30.6. The maximum absolute atomic E-state index is 8.03. The number of benzene rings is 14. The van der Waals surface area contributed by atoms with E-state index >= 15 is 0 Å². The zero-order chi connectivity index (χ0) is 68.9. The maximum Gasteiger partial charge on any atom is 0.256 e. The third kappa shape index (κ3) is 9.62. The monoisotopic (exact) mass is 1330 g/mol. The van der Waals surface area contributed by atoms with Crippen LogP contribution in [0.5, 0.6) is 11.5 Å². The minimum atomic E-state index is -0.316. The number of ether oxygens (including phenoxy) is 1. The average molecular weight is 1330 g/mol. The molecule has 0 N–H and O–H groups in total. The Bertz CT molecular complexity index is 5670. The van der Waals surface area contributed by atoms with Crippen molar-refractivity contribution >= 4 is 103 Å². The first-order valence-corrected chi connectivity index (χ1v) is 37.2. The number of rotatable bonds is 10. The summed E-state index contributed by atoms with van der Waals surface area (Å²) in [4.78, 5) is 10.8. The predicted octanol–water partition coefficient (Wildman–Crippen LogP) is 21.2. The Balaban J connectivity index is 0.894. The van der Waals surface area contributed by atoms with Crippen LogP contribution >= 0.6 is 0 Å². The summed E-state index contributed by atoms with van der Waals surface area (Å²) in [5.74, 6) is 2.47. The van der Waals surface area contributed by atoms with Crippen molar-refractivity contribution in [1.82, 2.24) is 0 Å². The van der Waals surface area contributed by atoms with Crippen LogP contribution in [0, 0.1) is 5.92 Å². The Morgan fingerprint density at radius 1 is 0.317 bits per heavy atom. The van der Waals surface area contributed by atoms with E-state index in [-0.39, 0.29) is 18.8 Å². The SMILES string of the molecule is CC(C)(C)c1cc2c3c(c1)N(c1c(-c4ccccc4)cc(-c4ccccc4)cc1-c1ccccc1)c1cc4c(cc1B3c1ccccc1N2c1c(-c2ccccc2)cc(-c2ccccc2)cc1-c1ccccc1)B1c2ccccc2N(c2ccccc2)c2cc(N3C5CC6=CC(C5)CC3C6)cc(c21)O4. The fourth-order valence-electron chi connectivity index (χ4n) is 19.1. The van der Waals surface area contributed by atoms with E-state index < -0.39 is 0 Å². The number of fused-ring (bicyclic) bond motifs is 8. The summed E-state index contributed by atoms with van der Waals surface area (Å²) in [5.41, 5.74) is 35.3. The molecule has 0 saturated carbocycles. The summed E-state index contributed by atoms with van der Waals surface area (Å²) in [6, 6.07) is 122. The molecule has 0 spiro atoms. The van der Waals surface area contributed by atoms with Crippen molar-refractivity contribution < 1.29 is 4.74 Å². The van der Waals surface area contributed by atoms with Gasteiger partial charge < -0.3 is 24.3 Å². The molecular weight excluding hydrogens is 1260 g/mol. The van der Waals surface area contributed by atoms with E-state index in [4.69, 9.17) is 4.74 Å². The van der Waals surface area contributed by atoms with Gasteiger partial charge in [-0.15, -0.1) is 0 Å². The summed E-state index contributed by atoms with van der Waals surface area (Å²) < 4.78 is 8.03. The molecule has 104 heavy (non-hydrogen) atoms. The molecule has 4 bridgehead atoms. The van der Waals surface area contributed by atoms with Crippen LogP contribution in [-0.4, -0.2) is 25.5 Å². The third-order valence-corrected chi connectivity index (χ3v) is 23.6. The summed E-state index contributed by atoms with van der Waals surface area (Å²) in [5, 5.41) is 0. The zero-order valence-electron chi connectivity index (χ0n) is 58.6. The van der Waals surface area contributed by atoms with Gasteiger partial charge >= 0.3 is 0 Å². The molecule has 22 rings (SSSR count). The summed E-state index contributed by atoms with van der Waals surface area (Å²) in [6.45, 7) is 6.77. The Labute approximate surface area is 610 Å². The van der Waals surface area contributed by atoms with Crippen molar-refractivity contribution in [3.63, 3.8) is 0 Å². The topological polar surface area (TPSA) is 22.2 Å². The number of piperidine rings is 2. The molecule has 2 saturated heterocycles. The normalized spacial score (nSPS) is 16.8. The minimum absolute atomic E-state index is 0.166. The molecular formula is C97H74B2N4O. The van der Waals surface area contributed by atoms with Gasteiger partial charge in [0.1, 0.15) is 11.5 Å². The van der Waals surface area contributed by atoms with Gasteiger partial charge in [-0.2, -0.15) is 0 Å². The molecule has 2 fully saturated rings. The molecule has 6 heterocycles. The van der Waals surface area contributed by atoms with Crippen LogP contribution in [0.25, 0.3) is 66.8 Å².